The van der Waals surface area contributed by atoms with Gasteiger partial charge in [0.15, 0.2) is 0 Å². The molecule has 2 rings (SSSR count). The summed E-state index contributed by atoms with van der Waals surface area (Å²) >= 11 is 3.42. The molecule has 0 aliphatic heterocycles. The number of aliphatic hydroxyl groups excluding tert-OH is 1. The van der Waals surface area contributed by atoms with Crippen molar-refractivity contribution in [1.82, 2.24) is 0 Å². The van der Waals surface area contributed by atoms with Gasteiger partial charge in [-0.15, -0.1) is 0 Å². The van der Waals surface area contributed by atoms with Gasteiger partial charge in [-0.25, -0.2) is 0 Å². The molecule has 0 fully saturated rings. The summed E-state index contributed by atoms with van der Waals surface area (Å²) in [5.74, 6) is 0. The molecule has 1 N–H and O–H groups in total. The van der Waals surface area contributed by atoms with Gasteiger partial charge in [-0.1, -0.05) is 40.2 Å². The summed E-state index contributed by atoms with van der Waals surface area (Å²) in [6.45, 7) is 1.96. The molecule has 5 heteroatoms. The van der Waals surface area contributed by atoms with E-state index in [-0.39, 0.29) is 5.69 Å². The van der Waals surface area contributed by atoms with Crippen molar-refractivity contribution < 1.29 is 10.0 Å². The molecular weight excluding hydrogens is 322 g/mol. The Morgan fingerprint density at radius 1 is 1.25 bits per heavy atom. The van der Waals surface area contributed by atoms with E-state index in [9.17, 15) is 15.2 Å². The number of aryl methyl sites for hydroxylation is 1. The number of hydrogen-bond donors (Lipinski definition) is 1. The highest BCUT2D eigenvalue weighted by atomic mass is 79.9. The number of hydrogen-bond acceptors (Lipinski definition) is 3. The smallest absolute Gasteiger partial charge is 0.269 e. The fraction of sp³-hybridized carbons (Fsp3) is 0.200. The number of rotatable bonds is 4. The third-order valence-electron chi connectivity index (χ3n) is 3.14. The van der Waals surface area contributed by atoms with Crippen LogP contribution in [0.4, 0.5) is 5.69 Å². The van der Waals surface area contributed by atoms with Crippen LogP contribution in [0.3, 0.4) is 0 Å². The Bertz CT molecular complexity index is 626. The summed E-state index contributed by atoms with van der Waals surface area (Å²) in [5, 5.41) is 20.8. The molecule has 0 aliphatic carbocycles. The first-order valence-electron chi connectivity index (χ1n) is 6.15. The van der Waals surface area contributed by atoms with Gasteiger partial charge in [0.1, 0.15) is 0 Å². The predicted molar refractivity (Wildman–Crippen MR) is 80.6 cm³/mol. The largest absolute Gasteiger partial charge is 0.388 e. The van der Waals surface area contributed by atoms with Crippen LogP contribution in [-0.4, -0.2) is 10.0 Å². The number of benzene rings is 2. The monoisotopic (exact) mass is 335 g/mol. The molecule has 4 nitrogen and oxygen atoms in total. The van der Waals surface area contributed by atoms with E-state index in [1.165, 1.54) is 12.1 Å². The lowest BCUT2D eigenvalue weighted by molar-refractivity contribution is -0.384. The van der Waals surface area contributed by atoms with E-state index in [2.05, 4.69) is 15.9 Å². The maximum Gasteiger partial charge on any atom is 0.269 e. The second-order valence-electron chi connectivity index (χ2n) is 4.65. The molecule has 0 spiro atoms. The maximum absolute atomic E-state index is 10.6. The van der Waals surface area contributed by atoms with Gasteiger partial charge in [-0.3, -0.25) is 10.1 Å². The Balaban J connectivity index is 2.12. The van der Waals surface area contributed by atoms with Crippen molar-refractivity contribution in [3.8, 4) is 0 Å². The molecule has 0 heterocycles. The van der Waals surface area contributed by atoms with Crippen molar-refractivity contribution in [2.24, 2.45) is 0 Å². The molecule has 0 saturated heterocycles. The first-order chi connectivity index (χ1) is 9.47. The molecular formula is C15H14BrNO3. The average molecular weight is 336 g/mol. The van der Waals surface area contributed by atoms with Crippen LogP contribution in [0.25, 0.3) is 0 Å². The zero-order valence-electron chi connectivity index (χ0n) is 10.9. The van der Waals surface area contributed by atoms with E-state index in [0.29, 0.717) is 6.42 Å². The number of nitro benzene ring substituents is 1. The summed E-state index contributed by atoms with van der Waals surface area (Å²) in [6.07, 6.45) is -0.192. The van der Waals surface area contributed by atoms with Crippen LogP contribution >= 0.6 is 15.9 Å². The Labute approximate surface area is 125 Å². The zero-order valence-corrected chi connectivity index (χ0v) is 12.5. The third kappa shape index (κ3) is 3.43. The number of nitrogens with zero attached hydrogens (tertiary/aromatic N) is 1. The van der Waals surface area contributed by atoms with Gasteiger partial charge in [0.05, 0.1) is 11.0 Å². The van der Waals surface area contributed by atoms with Crippen LogP contribution in [0, 0.1) is 17.0 Å². The molecule has 20 heavy (non-hydrogen) atoms. The SMILES string of the molecule is Cc1cc(C(O)Cc2ccc([N+](=O)[O-])cc2)ccc1Br. The highest BCUT2D eigenvalue weighted by Crippen LogP contribution is 2.24. The van der Waals surface area contributed by atoms with E-state index in [4.69, 9.17) is 0 Å². The summed E-state index contributed by atoms with van der Waals surface area (Å²) in [5.41, 5.74) is 2.82. The minimum Gasteiger partial charge on any atom is -0.388 e. The van der Waals surface area contributed by atoms with Crippen molar-refractivity contribution in [2.75, 3.05) is 0 Å². The van der Waals surface area contributed by atoms with Crippen LogP contribution in [0.2, 0.25) is 0 Å². The minimum absolute atomic E-state index is 0.0581. The van der Waals surface area contributed by atoms with E-state index in [1.807, 2.05) is 25.1 Å². The van der Waals surface area contributed by atoms with Crippen LogP contribution < -0.4 is 0 Å². The molecule has 0 aromatic heterocycles. The molecule has 0 amide bonds. The molecule has 104 valence electrons. The third-order valence-corrected chi connectivity index (χ3v) is 4.03. The second kappa shape index (κ2) is 6.15. The second-order valence-corrected chi connectivity index (χ2v) is 5.51. The van der Waals surface area contributed by atoms with Gasteiger partial charge in [0.2, 0.25) is 0 Å². The number of nitro groups is 1. The molecule has 0 bridgehead atoms. The number of non-ortho nitro benzene ring substituents is 1. The highest BCUT2D eigenvalue weighted by Gasteiger charge is 2.11. The van der Waals surface area contributed by atoms with E-state index >= 15 is 0 Å². The van der Waals surface area contributed by atoms with Gasteiger partial charge in [-0.2, -0.15) is 0 Å². The Hall–Kier alpha value is -1.72. The van der Waals surface area contributed by atoms with Crippen molar-refractivity contribution in [3.63, 3.8) is 0 Å². The van der Waals surface area contributed by atoms with E-state index < -0.39 is 11.0 Å². The number of aliphatic hydroxyl groups is 1. The van der Waals surface area contributed by atoms with Crippen LogP contribution in [-0.2, 0) is 6.42 Å². The normalized spacial score (nSPS) is 12.2. The fourth-order valence-corrected chi connectivity index (χ4v) is 2.22. The molecule has 0 aliphatic rings. The lowest BCUT2D eigenvalue weighted by atomic mass is 10.00. The van der Waals surface area contributed by atoms with Gasteiger partial charge in [0.25, 0.3) is 5.69 Å². The van der Waals surface area contributed by atoms with Gasteiger partial charge in [0, 0.05) is 23.0 Å². The van der Waals surface area contributed by atoms with Crippen LogP contribution in [0.5, 0.6) is 0 Å². The highest BCUT2D eigenvalue weighted by molar-refractivity contribution is 9.10. The van der Waals surface area contributed by atoms with Crippen molar-refractivity contribution in [2.45, 2.75) is 19.4 Å². The molecule has 0 radical (unpaired) electrons. The molecule has 0 saturated carbocycles. The quantitative estimate of drug-likeness (QED) is 0.679. The average Bonchev–Trinajstić information content (AvgIpc) is 2.42. The lowest BCUT2D eigenvalue weighted by Gasteiger charge is -2.12. The fourth-order valence-electron chi connectivity index (χ4n) is 1.97. The first-order valence-corrected chi connectivity index (χ1v) is 6.94. The lowest BCUT2D eigenvalue weighted by Crippen LogP contribution is -2.02. The summed E-state index contributed by atoms with van der Waals surface area (Å²) in [4.78, 5) is 10.1. The minimum atomic E-state index is -0.622. The molecule has 1 unspecified atom stereocenters. The standard InChI is InChI=1S/C15H14BrNO3/c1-10-8-12(4-7-14(10)16)15(18)9-11-2-5-13(6-3-11)17(19)20/h2-8,15,18H,9H2,1H3. The van der Waals surface area contributed by atoms with Gasteiger partial charge in [-0.05, 0) is 29.7 Å². The Kier molecular flexibility index (Phi) is 4.52. The summed E-state index contributed by atoms with van der Waals surface area (Å²) < 4.78 is 1.00. The maximum atomic E-state index is 10.6. The van der Waals surface area contributed by atoms with Crippen molar-refractivity contribution >= 4 is 21.6 Å². The molecule has 2 aromatic carbocycles. The first kappa shape index (κ1) is 14.7. The molecule has 2 aromatic rings. The Morgan fingerprint density at radius 2 is 1.90 bits per heavy atom. The van der Waals surface area contributed by atoms with E-state index in [1.54, 1.807) is 12.1 Å². The van der Waals surface area contributed by atoms with Gasteiger partial charge >= 0.3 is 0 Å². The van der Waals surface area contributed by atoms with Crippen LogP contribution in [0.15, 0.2) is 46.9 Å². The van der Waals surface area contributed by atoms with Gasteiger partial charge < -0.3 is 5.11 Å². The Morgan fingerprint density at radius 3 is 2.45 bits per heavy atom. The zero-order chi connectivity index (χ0) is 14.7. The molecule has 1 atom stereocenters. The predicted octanol–water partition coefficient (Wildman–Crippen LogP) is 3.94. The summed E-state index contributed by atoms with van der Waals surface area (Å²) in [6, 6.07) is 12.0. The van der Waals surface area contributed by atoms with E-state index in [0.717, 1.165) is 21.2 Å². The summed E-state index contributed by atoms with van der Waals surface area (Å²) in [7, 11) is 0. The van der Waals surface area contributed by atoms with Crippen molar-refractivity contribution in [3.05, 3.63) is 73.7 Å². The van der Waals surface area contributed by atoms with Crippen molar-refractivity contribution in [1.29, 1.82) is 0 Å². The topological polar surface area (TPSA) is 63.4 Å². The number of halogens is 1. The van der Waals surface area contributed by atoms with Crippen LogP contribution in [0.1, 0.15) is 22.8 Å².